The number of hydrogen-bond acceptors (Lipinski definition) is 3. The fourth-order valence-corrected chi connectivity index (χ4v) is 2.80. The van der Waals surface area contributed by atoms with Gasteiger partial charge in [-0.05, 0) is 61.7 Å². The molecule has 0 radical (unpaired) electrons. The van der Waals surface area contributed by atoms with Crippen LogP contribution in [-0.4, -0.2) is 26.8 Å². The maximum absolute atomic E-state index is 6.00. The second-order valence-corrected chi connectivity index (χ2v) is 6.06. The van der Waals surface area contributed by atoms with E-state index in [0.29, 0.717) is 6.04 Å². The van der Waals surface area contributed by atoms with Crippen LogP contribution in [0.2, 0.25) is 5.02 Å². The maximum atomic E-state index is 6.00. The van der Waals surface area contributed by atoms with Gasteiger partial charge in [-0.3, -0.25) is 0 Å². The number of rotatable bonds is 8. The summed E-state index contributed by atoms with van der Waals surface area (Å²) >= 11 is 6.00. The lowest BCUT2D eigenvalue weighted by molar-refractivity contribution is 0.354. The van der Waals surface area contributed by atoms with E-state index in [0.717, 1.165) is 35.9 Å². The topological polar surface area (TPSA) is 30.5 Å². The quantitative estimate of drug-likeness (QED) is 0.788. The zero-order valence-electron chi connectivity index (χ0n) is 13.9. The summed E-state index contributed by atoms with van der Waals surface area (Å²) in [6, 6.07) is 14.5. The molecule has 2 aromatic carbocycles. The normalized spacial score (nSPS) is 12.0. The summed E-state index contributed by atoms with van der Waals surface area (Å²) in [5, 5.41) is 4.34. The lowest BCUT2D eigenvalue weighted by Crippen LogP contribution is -2.30. The van der Waals surface area contributed by atoms with Crippen molar-refractivity contribution in [1.29, 1.82) is 0 Å². The SMILES string of the molecule is COc1ccc(C[C@H](C)NCCc2cccc(Cl)c2)cc1OC. The van der Waals surface area contributed by atoms with Gasteiger partial charge in [0, 0.05) is 11.1 Å². The number of halogens is 1. The summed E-state index contributed by atoms with van der Waals surface area (Å²) in [7, 11) is 3.31. The molecule has 0 amide bonds. The first kappa shape index (κ1) is 17.6. The minimum atomic E-state index is 0.382. The molecule has 0 fully saturated rings. The molecule has 4 heteroatoms. The van der Waals surface area contributed by atoms with Gasteiger partial charge in [0.05, 0.1) is 14.2 Å². The summed E-state index contributed by atoms with van der Waals surface area (Å²) < 4.78 is 10.6. The van der Waals surface area contributed by atoms with Crippen molar-refractivity contribution in [2.24, 2.45) is 0 Å². The van der Waals surface area contributed by atoms with Gasteiger partial charge in [-0.15, -0.1) is 0 Å². The average Bonchev–Trinajstić information content (AvgIpc) is 2.54. The Morgan fingerprint density at radius 2 is 1.78 bits per heavy atom. The lowest BCUT2D eigenvalue weighted by atomic mass is 10.1. The molecule has 0 aliphatic rings. The molecule has 0 saturated heterocycles. The van der Waals surface area contributed by atoms with Crippen LogP contribution in [0, 0.1) is 0 Å². The number of methoxy groups -OCH3 is 2. The number of hydrogen-bond donors (Lipinski definition) is 1. The van der Waals surface area contributed by atoms with E-state index in [2.05, 4.69) is 24.4 Å². The zero-order valence-corrected chi connectivity index (χ0v) is 14.7. The van der Waals surface area contributed by atoms with Crippen LogP contribution in [0.25, 0.3) is 0 Å². The zero-order chi connectivity index (χ0) is 16.7. The first-order valence-corrected chi connectivity index (χ1v) is 8.19. The Morgan fingerprint density at radius 1 is 1.00 bits per heavy atom. The van der Waals surface area contributed by atoms with Gasteiger partial charge in [-0.25, -0.2) is 0 Å². The molecule has 0 spiro atoms. The lowest BCUT2D eigenvalue weighted by Gasteiger charge is -2.15. The van der Waals surface area contributed by atoms with Crippen LogP contribution in [0.3, 0.4) is 0 Å². The van der Waals surface area contributed by atoms with Gasteiger partial charge in [0.1, 0.15) is 0 Å². The molecule has 0 bridgehead atoms. The highest BCUT2D eigenvalue weighted by Crippen LogP contribution is 2.27. The van der Waals surface area contributed by atoms with Crippen molar-refractivity contribution in [1.82, 2.24) is 5.32 Å². The highest BCUT2D eigenvalue weighted by molar-refractivity contribution is 6.30. The second kappa shape index (κ2) is 8.80. The minimum absolute atomic E-state index is 0.382. The smallest absolute Gasteiger partial charge is 0.160 e. The Kier molecular flexibility index (Phi) is 6.75. The van der Waals surface area contributed by atoms with Crippen LogP contribution in [0.15, 0.2) is 42.5 Å². The monoisotopic (exact) mass is 333 g/mol. The molecule has 3 nitrogen and oxygen atoms in total. The summed E-state index contributed by atoms with van der Waals surface area (Å²) in [6.45, 7) is 3.11. The molecule has 124 valence electrons. The van der Waals surface area contributed by atoms with Crippen LogP contribution in [-0.2, 0) is 12.8 Å². The Labute approximate surface area is 143 Å². The van der Waals surface area contributed by atoms with Crippen LogP contribution in [0.4, 0.5) is 0 Å². The van der Waals surface area contributed by atoms with Crippen molar-refractivity contribution < 1.29 is 9.47 Å². The summed E-state index contributed by atoms with van der Waals surface area (Å²) in [5.41, 5.74) is 2.48. The Morgan fingerprint density at radius 3 is 2.48 bits per heavy atom. The molecule has 0 aromatic heterocycles. The van der Waals surface area contributed by atoms with Crippen molar-refractivity contribution in [2.45, 2.75) is 25.8 Å². The van der Waals surface area contributed by atoms with E-state index < -0.39 is 0 Å². The predicted octanol–water partition coefficient (Wildman–Crippen LogP) is 4.12. The minimum Gasteiger partial charge on any atom is -0.493 e. The van der Waals surface area contributed by atoms with Crippen LogP contribution in [0.1, 0.15) is 18.1 Å². The summed E-state index contributed by atoms with van der Waals surface area (Å²) in [4.78, 5) is 0. The molecule has 1 atom stereocenters. The Balaban J connectivity index is 1.83. The largest absolute Gasteiger partial charge is 0.493 e. The molecule has 0 heterocycles. The van der Waals surface area contributed by atoms with E-state index in [1.54, 1.807) is 14.2 Å². The number of ether oxygens (including phenoxy) is 2. The molecule has 0 saturated carbocycles. The molecule has 0 aliphatic heterocycles. The Hall–Kier alpha value is -1.71. The number of benzene rings is 2. The molecule has 23 heavy (non-hydrogen) atoms. The molecule has 2 rings (SSSR count). The maximum Gasteiger partial charge on any atom is 0.160 e. The molecule has 0 aliphatic carbocycles. The summed E-state index contributed by atoms with van der Waals surface area (Å²) in [6.07, 6.45) is 1.91. The van der Waals surface area contributed by atoms with Crippen LogP contribution >= 0.6 is 11.6 Å². The van der Waals surface area contributed by atoms with Crippen molar-refractivity contribution in [3.8, 4) is 11.5 Å². The van der Waals surface area contributed by atoms with E-state index in [1.807, 2.05) is 30.3 Å². The van der Waals surface area contributed by atoms with E-state index in [-0.39, 0.29) is 0 Å². The van der Waals surface area contributed by atoms with Gasteiger partial charge in [0.15, 0.2) is 11.5 Å². The Bertz CT molecular complexity index is 631. The van der Waals surface area contributed by atoms with Crippen molar-refractivity contribution in [3.05, 3.63) is 58.6 Å². The molecular weight excluding hydrogens is 310 g/mol. The molecule has 1 N–H and O–H groups in total. The fraction of sp³-hybridized carbons (Fsp3) is 0.368. The van der Waals surface area contributed by atoms with Crippen molar-refractivity contribution in [3.63, 3.8) is 0 Å². The molecule has 0 unspecified atom stereocenters. The standard InChI is InChI=1S/C19H24ClNO2/c1-14(21-10-9-15-5-4-6-17(20)12-15)11-16-7-8-18(22-2)19(13-16)23-3/h4-8,12-14,21H,9-11H2,1-3H3/t14-/m0/s1. The summed E-state index contributed by atoms with van der Waals surface area (Å²) in [5.74, 6) is 1.54. The fourth-order valence-electron chi connectivity index (χ4n) is 2.59. The van der Waals surface area contributed by atoms with E-state index in [4.69, 9.17) is 21.1 Å². The predicted molar refractivity (Wildman–Crippen MR) is 95.9 cm³/mol. The van der Waals surface area contributed by atoms with Gasteiger partial charge in [-0.2, -0.15) is 0 Å². The highest BCUT2D eigenvalue weighted by atomic mass is 35.5. The first-order valence-electron chi connectivity index (χ1n) is 7.81. The van der Waals surface area contributed by atoms with E-state index in [1.165, 1.54) is 11.1 Å². The van der Waals surface area contributed by atoms with Gasteiger partial charge in [0.2, 0.25) is 0 Å². The van der Waals surface area contributed by atoms with Crippen molar-refractivity contribution >= 4 is 11.6 Å². The molecule has 2 aromatic rings. The van der Waals surface area contributed by atoms with Gasteiger partial charge in [0.25, 0.3) is 0 Å². The number of nitrogens with one attached hydrogen (secondary N) is 1. The second-order valence-electron chi connectivity index (χ2n) is 5.63. The van der Waals surface area contributed by atoms with E-state index in [9.17, 15) is 0 Å². The third-order valence-corrected chi connectivity index (χ3v) is 4.02. The third-order valence-electron chi connectivity index (χ3n) is 3.79. The average molecular weight is 334 g/mol. The van der Waals surface area contributed by atoms with Gasteiger partial charge < -0.3 is 14.8 Å². The van der Waals surface area contributed by atoms with Crippen LogP contribution in [0.5, 0.6) is 11.5 Å². The highest BCUT2D eigenvalue weighted by Gasteiger charge is 2.08. The van der Waals surface area contributed by atoms with Gasteiger partial charge in [-0.1, -0.05) is 29.8 Å². The van der Waals surface area contributed by atoms with Crippen LogP contribution < -0.4 is 14.8 Å². The van der Waals surface area contributed by atoms with Crippen molar-refractivity contribution in [2.75, 3.05) is 20.8 Å². The van der Waals surface area contributed by atoms with E-state index >= 15 is 0 Å². The molecular formula is C19H24ClNO2. The first-order chi connectivity index (χ1) is 11.1. The third kappa shape index (κ3) is 5.45. The van der Waals surface area contributed by atoms with Gasteiger partial charge >= 0.3 is 0 Å².